The number of nitrogens with one attached hydrogen (secondary N) is 1. The minimum absolute atomic E-state index is 0.0203. The van der Waals surface area contributed by atoms with Gasteiger partial charge in [0.2, 0.25) is 0 Å². The molecule has 1 aromatic carbocycles. The standard InChI is InChI=1S/C13H19NO2S/c1-2-3-6-9-14-12-10-17(15,16)13-8-5-4-7-11(12)13/h4-5,7-8,12,14H,2-3,6,9-10H2,1H3. The molecule has 0 spiro atoms. The molecule has 0 radical (unpaired) electrons. The van der Waals surface area contributed by atoms with Crippen LogP contribution in [0.4, 0.5) is 0 Å². The van der Waals surface area contributed by atoms with E-state index in [0.29, 0.717) is 4.90 Å². The van der Waals surface area contributed by atoms with Crippen molar-refractivity contribution in [2.75, 3.05) is 12.3 Å². The number of benzene rings is 1. The van der Waals surface area contributed by atoms with Crippen molar-refractivity contribution in [1.82, 2.24) is 5.32 Å². The summed E-state index contributed by atoms with van der Waals surface area (Å²) in [6, 6.07) is 7.29. The average molecular weight is 253 g/mol. The van der Waals surface area contributed by atoms with E-state index in [0.717, 1.165) is 18.5 Å². The Hall–Kier alpha value is -0.870. The molecule has 1 aliphatic rings. The molecule has 1 aliphatic heterocycles. The highest BCUT2D eigenvalue weighted by Crippen LogP contribution is 2.32. The number of fused-ring (bicyclic) bond motifs is 1. The third kappa shape index (κ3) is 2.69. The summed E-state index contributed by atoms with van der Waals surface area (Å²) in [5, 5.41) is 3.35. The van der Waals surface area contributed by atoms with Gasteiger partial charge in [-0.1, -0.05) is 38.0 Å². The zero-order chi connectivity index (χ0) is 12.3. The monoisotopic (exact) mass is 253 g/mol. The summed E-state index contributed by atoms with van der Waals surface area (Å²) in [6.07, 6.45) is 3.48. The van der Waals surface area contributed by atoms with E-state index in [1.807, 2.05) is 12.1 Å². The number of rotatable bonds is 5. The largest absolute Gasteiger partial charge is 0.309 e. The Balaban J connectivity index is 2.07. The topological polar surface area (TPSA) is 46.2 Å². The number of hydrogen-bond donors (Lipinski definition) is 1. The Morgan fingerprint density at radius 1 is 1.29 bits per heavy atom. The van der Waals surface area contributed by atoms with Crippen LogP contribution >= 0.6 is 0 Å². The van der Waals surface area contributed by atoms with Crippen LogP contribution in [-0.4, -0.2) is 20.7 Å². The van der Waals surface area contributed by atoms with Crippen LogP contribution < -0.4 is 5.32 Å². The second-order valence-electron chi connectivity index (χ2n) is 4.53. The van der Waals surface area contributed by atoms with Crippen molar-refractivity contribution in [3.05, 3.63) is 29.8 Å². The lowest BCUT2D eigenvalue weighted by Gasteiger charge is -2.11. The molecule has 1 aromatic rings. The van der Waals surface area contributed by atoms with Crippen LogP contribution in [0.5, 0.6) is 0 Å². The molecule has 2 rings (SSSR count). The first-order valence-electron chi connectivity index (χ1n) is 6.20. The molecule has 17 heavy (non-hydrogen) atoms. The molecular formula is C13H19NO2S. The molecule has 1 N–H and O–H groups in total. The van der Waals surface area contributed by atoms with Gasteiger partial charge in [0.15, 0.2) is 9.84 Å². The number of unbranched alkanes of at least 4 members (excludes halogenated alkanes) is 2. The molecule has 0 fully saturated rings. The minimum Gasteiger partial charge on any atom is -0.309 e. The normalized spacial score (nSPS) is 21.4. The van der Waals surface area contributed by atoms with Crippen LogP contribution in [0.1, 0.15) is 37.8 Å². The van der Waals surface area contributed by atoms with Crippen LogP contribution in [0, 0.1) is 0 Å². The molecule has 1 heterocycles. The summed E-state index contributed by atoms with van der Waals surface area (Å²) < 4.78 is 23.8. The Kier molecular flexibility index (Phi) is 3.84. The summed E-state index contributed by atoms with van der Waals surface area (Å²) in [7, 11) is -3.06. The van der Waals surface area contributed by atoms with E-state index in [-0.39, 0.29) is 11.8 Å². The van der Waals surface area contributed by atoms with Gasteiger partial charge in [-0.15, -0.1) is 0 Å². The molecule has 3 nitrogen and oxygen atoms in total. The smallest absolute Gasteiger partial charge is 0.180 e. The van der Waals surface area contributed by atoms with Crippen molar-refractivity contribution in [3.8, 4) is 0 Å². The average Bonchev–Trinajstić information content (AvgIpc) is 2.58. The highest BCUT2D eigenvalue weighted by Gasteiger charge is 2.33. The fourth-order valence-electron chi connectivity index (χ4n) is 2.27. The maximum Gasteiger partial charge on any atom is 0.180 e. The van der Waals surface area contributed by atoms with Gasteiger partial charge in [-0.05, 0) is 24.6 Å². The van der Waals surface area contributed by atoms with E-state index < -0.39 is 9.84 Å². The first kappa shape index (κ1) is 12.6. The lowest BCUT2D eigenvalue weighted by Crippen LogP contribution is -2.23. The molecule has 0 saturated heterocycles. The van der Waals surface area contributed by atoms with Crippen LogP contribution in [0.2, 0.25) is 0 Å². The molecule has 0 bridgehead atoms. The summed E-state index contributed by atoms with van der Waals surface area (Å²) in [4.78, 5) is 0.507. The maximum atomic E-state index is 11.9. The van der Waals surface area contributed by atoms with Crippen LogP contribution in [0.25, 0.3) is 0 Å². The van der Waals surface area contributed by atoms with Crippen molar-refractivity contribution < 1.29 is 8.42 Å². The predicted octanol–water partition coefficient (Wildman–Crippen LogP) is 2.29. The zero-order valence-corrected chi connectivity index (χ0v) is 11.0. The van der Waals surface area contributed by atoms with Crippen molar-refractivity contribution >= 4 is 9.84 Å². The minimum atomic E-state index is -3.06. The predicted molar refractivity (Wildman–Crippen MR) is 68.8 cm³/mol. The van der Waals surface area contributed by atoms with Gasteiger partial charge in [0.25, 0.3) is 0 Å². The van der Waals surface area contributed by atoms with Gasteiger partial charge < -0.3 is 5.32 Å². The van der Waals surface area contributed by atoms with Crippen LogP contribution in [0.15, 0.2) is 29.2 Å². The van der Waals surface area contributed by atoms with Gasteiger partial charge in [0, 0.05) is 6.04 Å². The zero-order valence-electron chi connectivity index (χ0n) is 10.1. The van der Waals surface area contributed by atoms with E-state index in [1.54, 1.807) is 12.1 Å². The second kappa shape index (κ2) is 5.19. The van der Waals surface area contributed by atoms with Crippen LogP contribution in [-0.2, 0) is 9.84 Å². The lowest BCUT2D eigenvalue weighted by atomic mass is 10.1. The Morgan fingerprint density at radius 2 is 2.06 bits per heavy atom. The first-order chi connectivity index (χ1) is 8.15. The number of hydrogen-bond acceptors (Lipinski definition) is 3. The molecule has 0 aromatic heterocycles. The molecule has 4 heteroatoms. The van der Waals surface area contributed by atoms with E-state index in [4.69, 9.17) is 0 Å². The summed E-state index contributed by atoms with van der Waals surface area (Å²) in [6.45, 7) is 3.05. The molecule has 0 saturated carbocycles. The fraction of sp³-hybridized carbons (Fsp3) is 0.538. The van der Waals surface area contributed by atoms with Gasteiger partial charge >= 0.3 is 0 Å². The summed E-state index contributed by atoms with van der Waals surface area (Å²) in [5.41, 5.74) is 0.934. The van der Waals surface area contributed by atoms with E-state index in [2.05, 4.69) is 12.2 Å². The van der Waals surface area contributed by atoms with Gasteiger partial charge in [-0.3, -0.25) is 0 Å². The van der Waals surface area contributed by atoms with Gasteiger partial charge in [0.1, 0.15) is 0 Å². The van der Waals surface area contributed by atoms with Crippen molar-refractivity contribution in [2.45, 2.75) is 37.1 Å². The van der Waals surface area contributed by atoms with Gasteiger partial charge in [0.05, 0.1) is 10.6 Å². The van der Waals surface area contributed by atoms with Crippen LogP contribution in [0.3, 0.4) is 0 Å². The van der Waals surface area contributed by atoms with E-state index >= 15 is 0 Å². The maximum absolute atomic E-state index is 11.9. The Morgan fingerprint density at radius 3 is 2.82 bits per heavy atom. The highest BCUT2D eigenvalue weighted by molar-refractivity contribution is 7.91. The van der Waals surface area contributed by atoms with Gasteiger partial charge in [-0.2, -0.15) is 0 Å². The third-order valence-electron chi connectivity index (χ3n) is 3.19. The summed E-state index contributed by atoms with van der Waals surface area (Å²) in [5.74, 6) is 0.207. The molecule has 1 unspecified atom stereocenters. The van der Waals surface area contributed by atoms with E-state index in [1.165, 1.54) is 12.8 Å². The molecule has 0 amide bonds. The third-order valence-corrected chi connectivity index (χ3v) is 5.00. The SMILES string of the molecule is CCCCCNC1CS(=O)(=O)c2ccccc21. The molecular weight excluding hydrogens is 234 g/mol. The Labute approximate surface area is 103 Å². The van der Waals surface area contributed by atoms with Crippen molar-refractivity contribution in [3.63, 3.8) is 0 Å². The fourth-order valence-corrected chi connectivity index (χ4v) is 4.04. The van der Waals surface area contributed by atoms with Crippen molar-refractivity contribution in [2.24, 2.45) is 0 Å². The first-order valence-corrected chi connectivity index (χ1v) is 7.85. The van der Waals surface area contributed by atoms with Gasteiger partial charge in [-0.25, -0.2) is 8.42 Å². The molecule has 94 valence electrons. The summed E-state index contributed by atoms with van der Waals surface area (Å²) >= 11 is 0. The molecule has 0 aliphatic carbocycles. The lowest BCUT2D eigenvalue weighted by molar-refractivity contribution is 0.543. The molecule has 1 atom stereocenters. The van der Waals surface area contributed by atoms with E-state index in [9.17, 15) is 8.42 Å². The highest BCUT2D eigenvalue weighted by atomic mass is 32.2. The number of sulfone groups is 1. The second-order valence-corrected chi connectivity index (χ2v) is 6.54. The van der Waals surface area contributed by atoms with Crippen molar-refractivity contribution in [1.29, 1.82) is 0 Å². The Bertz CT molecular complexity index is 482. The quantitative estimate of drug-likeness (QED) is 0.819.